The van der Waals surface area contributed by atoms with Gasteiger partial charge < -0.3 is 16.5 Å². The molecule has 1 amide bonds. The Morgan fingerprint density at radius 1 is 1.48 bits per heavy atom. The fourth-order valence-corrected chi connectivity index (χ4v) is 3.43. The molecule has 2 aliphatic rings. The Bertz CT molecular complexity index is 720. The number of hydrogen-bond donors (Lipinski definition) is 3. The van der Waals surface area contributed by atoms with Crippen LogP contribution in [0.5, 0.6) is 0 Å². The number of rotatable bonds is 6. The molecule has 1 aromatic rings. The zero-order chi connectivity index (χ0) is 17.9. The van der Waals surface area contributed by atoms with Crippen molar-refractivity contribution < 1.29 is 4.79 Å². The maximum atomic E-state index is 12.3. The molecule has 3 rings (SSSR count). The van der Waals surface area contributed by atoms with Crippen LogP contribution in [-0.2, 0) is 10.3 Å². The molecule has 0 bridgehead atoms. The molecule has 25 heavy (non-hydrogen) atoms. The van der Waals surface area contributed by atoms with Crippen LogP contribution in [0.25, 0.3) is 0 Å². The molecule has 132 valence electrons. The minimum atomic E-state index is -0.564. The summed E-state index contributed by atoms with van der Waals surface area (Å²) in [5.41, 5.74) is 5.81. The number of nitrogens with two attached hydrogens (primary N) is 1. The molecular formula is C17H23N7O. The number of carbonyl (C=O) groups excluding carboxylic acids is 1. The van der Waals surface area contributed by atoms with Crippen LogP contribution in [0, 0.1) is 22.7 Å². The summed E-state index contributed by atoms with van der Waals surface area (Å²) in [5, 5.41) is 27.7. The van der Waals surface area contributed by atoms with E-state index in [1.165, 1.54) is 12.5 Å². The second-order valence-electron chi connectivity index (χ2n) is 6.87. The Morgan fingerprint density at radius 2 is 2.20 bits per heavy atom. The lowest BCUT2D eigenvalue weighted by Crippen LogP contribution is -2.37. The predicted molar refractivity (Wildman–Crippen MR) is 91.4 cm³/mol. The van der Waals surface area contributed by atoms with Gasteiger partial charge in [0.1, 0.15) is 5.69 Å². The molecule has 2 aliphatic carbocycles. The van der Waals surface area contributed by atoms with E-state index in [0.717, 1.165) is 44.7 Å². The summed E-state index contributed by atoms with van der Waals surface area (Å²) >= 11 is 0. The van der Waals surface area contributed by atoms with Gasteiger partial charge in [-0.1, -0.05) is 24.5 Å². The van der Waals surface area contributed by atoms with E-state index in [0.29, 0.717) is 5.69 Å². The SMILES string of the molecule is N#CC1(n2cc(C(NC(=O)/C(N)=C/C=N)C3CCCCC3)nn2)CC1. The van der Waals surface area contributed by atoms with Gasteiger partial charge in [0.05, 0.1) is 24.0 Å². The van der Waals surface area contributed by atoms with Gasteiger partial charge in [-0.15, -0.1) is 5.10 Å². The lowest BCUT2D eigenvalue weighted by Gasteiger charge is -2.29. The normalized spacial score (nSPS) is 21.2. The molecule has 8 nitrogen and oxygen atoms in total. The number of aromatic nitrogens is 3. The van der Waals surface area contributed by atoms with E-state index >= 15 is 0 Å². The van der Waals surface area contributed by atoms with Crippen molar-refractivity contribution >= 4 is 12.1 Å². The van der Waals surface area contributed by atoms with Gasteiger partial charge in [0, 0.05) is 6.21 Å². The first-order valence-electron chi connectivity index (χ1n) is 8.71. The van der Waals surface area contributed by atoms with Gasteiger partial charge in [-0.25, -0.2) is 4.68 Å². The highest BCUT2D eigenvalue weighted by molar-refractivity contribution is 5.96. The average Bonchev–Trinajstić information content (AvgIpc) is 3.29. The molecule has 1 heterocycles. The first kappa shape index (κ1) is 17.1. The van der Waals surface area contributed by atoms with Crippen molar-refractivity contribution in [1.29, 1.82) is 10.7 Å². The molecule has 4 N–H and O–H groups in total. The summed E-state index contributed by atoms with van der Waals surface area (Å²) in [7, 11) is 0. The van der Waals surface area contributed by atoms with Crippen molar-refractivity contribution in [2.75, 3.05) is 0 Å². The highest BCUT2D eigenvalue weighted by atomic mass is 16.2. The number of amides is 1. The Hall–Kier alpha value is -2.69. The van der Waals surface area contributed by atoms with Crippen LogP contribution in [0.4, 0.5) is 0 Å². The van der Waals surface area contributed by atoms with E-state index in [4.69, 9.17) is 11.1 Å². The molecular weight excluding hydrogens is 318 g/mol. The van der Waals surface area contributed by atoms with Crippen LogP contribution in [0.2, 0.25) is 0 Å². The predicted octanol–water partition coefficient (Wildman–Crippen LogP) is 1.52. The number of allylic oxidation sites excluding steroid dienone is 1. The number of nitrogens with one attached hydrogen (secondary N) is 2. The molecule has 0 saturated heterocycles. The van der Waals surface area contributed by atoms with Crippen LogP contribution in [-0.4, -0.2) is 27.1 Å². The van der Waals surface area contributed by atoms with Gasteiger partial charge in [0.2, 0.25) is 0 Å². The highest BCUT2D eigenvalue weighted by Gasteiger charge is 2.47. The zero-order valence-electron chi connectivity index (χ0n) is 14.1. The third kappa shape index (κ3) is 3.55. The van der Waals surface area contributed by atoms with Crippen molar-refractivity contribution in [3.8, 4) is 6.07 Å². The van der Waals surface area contributed by atoms with Crippen molar-refractivity contribution in [3.63, 3.8) is 0 Å². The van der Waals surface area contributed by atoms with Crippen LogP contribution < -0.4 is 11.1 Å². The summed E-state index contributed by atoms with van der Waals surface area (Å²) < 4.78 is 1.63. The van der Waals surface area contributed by atoms with E-state index in [1.54, 1.807) is 10.9 Å². The van der Waals surface area contributed by atoms with Crippen LogP contribution in [0.15, 0.2) is 18.0 Å². The maximum absolute atomic E-state index is 12.3. The van der Waals surface area contributed by atoms with Gasteiger partial charge >= 0.3 is 0 Å². The number of carbonyl (C=O) groups is 1. The number of nitrogens with zero attached hydrogens (tertiary/aromatic N) is 4. The van der Waals surface area contributed by atoms with E-state index in [-0.39, 0.29) is 17.7 Å². The molecule has 1 aromatic heterocycles. The van der Waals surface area contributed by atoms with E-state index < -0.39 is 11.4 Å². The lowest BCUT2D eigenvalue weighted by molar-refractivity contribution is -0.118. The first-order valence-corrected chi connectivity index (χ1v) is 8.71. The van der Waals surface area contributed by atoms with Gasteiger partial charge in [-0.05, 0) is 37.7 Å². The third-order valence-electron chi connectivity index (χ3n) is 5.13. The topological polar surface area (TPSA) is 133 Å². The molecule has 1 unspecified atom stereocenters. The molecule has 0 radical (unpaired) electrons. The molecule has 2 fully saturated rings. The van der Waals surface area contributed by atoms with Crippen molar-refractivity contribution in [2.45, 2.75) is 56.5 Å². The van der Waals surface area contributed by atoms with Crippen LogP contribution in [0.1, 0.15) is 56.7 Å². The average molecular weight is 341 g/mol. The molecule has 0 spiro atoms. The Kier molecular flexibility index (Phi) is 4.83. The fraction of sp³-hybridized carbons (Fsp3) is 0.588. The fourth-order valence-electron chi connectivity index (χ4n) is 3.43. The second kappa shape index (κ2) is 7.05. The van der Waals surface area contributed by atoms with Crippen LogP contribution in [0.3, 0.4) is 0 Å². The van der Waals surface area contributed by atoms with E-state index in [1.807, 2.05) is 0 Å². The molecule has 0 aromatic carbocycles. The van der Waals surface area contributed by atoms with Gasteiger partial charge in [-0.3, -0.25) is 4.79 Å². The molecule has 2 saturated carbocycles. The highest BCUT2D eigenvalue weighted by Crippen LogP contribution is 2.42. The standard InChI is InChI=1S/C17H23N7O/c18-9-6-13(20)16(25)21-15(12-4-2-1-3-5-12)14-10-24(23-22-14)17(11-19)7-8-17/h6,9-10,12,15,18H,1-5,7-8,20H2,(H,21,25)/b13-6-,18-9?. The van der Waals surface area contributed by atoms with Crippen molar-refractivity contribution in [3.05, 3.63) is 23.7 Å². The van der Waals surface area contributed by atoms with Gasteiger partial charge in [0.25, 0.3) is 5.91 Å². The third-order valence-corrected chi connectivity index (χ3v) is 5.13. The summed E-state index contributed by atoms with van der Waals surface area (Å²) in [6.45, 7) is 0. The Balaban J connectivity index is 1.83. The molecule has 0 aliphatic heterocycles. The monoisotopic (exact) mass is 341 g/mol. The van der Waals surface area contributed by atoms with Crippen molar-refractivity contribution in [2.24, 2.45) is 11.7 Å². The second-order valence-corrected chi connectivity index (χ2v) is 6.87. The molecule has 8 heteroatoms. The van der Waals surface area contributed by atoms with Crippen molar-refractivity contribution in [1.82, 2.24) is 20.3 Å². The summed E-state index contributed by atoms with van der Waals surface area (Å²) in [6, 6.07) is 2.01. The van der Waals surface area contributed by atoms with E-state index in [9.17, 15) is 10.1 Å². The Morgan fingerprint density at radius 3 is 2.80 bits per heavy atom. The van der Waals surface area contributed by atoms with Crippen LogP contribution >= 0.6 is 0 Å². The molecule has 1 atom stereocenters. The minimum absolute atomic E-state index is 0.00103. The zero-order valence-corrected chi connectivity index (χ0v) is 14.1. The summed E-state index contributed by atoms with van der Waals surface area (Å²) in [6.07, 6.45) is 11.1. The first-order chi connectivity index (χ1) is 12.1. The van der Waals surface area contributed by atoms with Gasteiger partial charge in [-0.2, -0.15) is 5.26 Å². The van der Waals surface area contributed by atoms with E-state index in [2.05, 4.69) is 21.7 Å². The number of nitriles is 1. The van der Waals surface area contributed by atoms with Gasteiger partial charge in [0.15, 0.2) is 5.54 Å². The lowest BCUT2D eigenvalue weighted by atomic mass is 9.82. The maximum Gasteiger partial charge on any atom is 0.267 e. The summed E-state index contributed by atoms with van der Waals surface area (Å²) in [4.78, 5) is 12.3. The largest absolute Gasteiger partial charge is 0.394 e. The Labute approximate surface area is 146 Å². The number of hydrogen-bond acceptors (Lipinski definition) is 6. The minimum Gasteiger partial charge on any atom is -0.394 e. The summed E-state index contributed by atoms with van der Waals surface area (Å²) in [5.74, 6) is -0.136. The quantitative estimate of drug-likeness (QED) is 0.533. The smallest absolute Gasteiger partial charge is 0.267 e.